The lowest BCUT2D eigenvalue weighted by Gasteiger charge is -2.12. The van der Waals surface area contributed by atoms with E-state index in [0.29, 0.717) is 25.4 Å². The fourth-order valence-corrected chi connectivity index (χ4v) is 10.7. The number of benzene rings is 9. The number of amides is 1. The van der Waals surface area contributed by atoms with Gasteiger partial charge in [-0.1, -0.05) is 203 Å². The second-order valence-corrected chi connectivity index (χ2v) is 22.2. The van der Waals surface area contributed by atoms with Crippen molar-refractivity contribution in [1.29, 1.82) is 0 Å². The van der Waals surface area contributed by atoms with E-state index in [2.05, 4.69) is 154 Å². The van der Waals surface area contributed by atoms with Gasteiger partial charge in [0.1, 0.15) is 18.1 Å². The van der Waals surface area contributed by atoms with Crippen LogP contribution in [0, 0.1) is 11.8 Å². The van der Waals surface area contributed by atoms with Crippen LogP contribution in [0.4, 0.5) is 0 Å². The van der Waals surface area contributed by atoms with Crippen molar-refractivity contribution >= 4 is 32.7 Å². The molecule has 0 bridgehead atoms. The number of hydrogen-bond acceptors (Lipinski definition) is 7. The van der Waals surface area contributed by atoms with E-state index in [1.165, 1.54) is 27.8 Å². The monoisotopic (exact) mass is 1240 g/mol. The molecule has 0 radical (unpaired) electrons. The van der Waals surface area contributed by atoms with Gasteiger partial charge in [0.25, 0.3) is 5.91 Å². The Balaban J connectivity index is 0.000000159. The Morgan fingerprint density at radius 3 is 1.62 bits per heavy atom. The maximum atomic E-state index is 13.1. The molecule has 0 aliphatic rings. The molecule has 9 aromatic carbocycles. The van der Waals surface area contributed by atoms with Crippen molar-refractivity contribution in [3.8, 4) is 51.0 Å². The highest BCUT2D eigenvalue weighted by molar-refractivity contribution is 9.10. The van der Waals surface area contributed by atoms with Gasteiger partial charge < -0.3 is 35.0 Å². The molecule has 0 unspecified atom stereocenters. The normalized spacial score (nSPS) is 10.5. The average Bonchev–Trinajstić information content (AvgIpc) is 1.70. The molecule has 9 nitrogen and oxygen atoms in total. The molecule has 2 heterocycles. The van der Waals surface area contributed by atoms with Gasteiger partial charge in [-0.15, -0.1) is 0 Å². The summed E-state index contributed by atoms with van der Waals surface area (Å²) in [7, 11) is 0. The molecule has 0 aliphatic carbocycles. The van der Waals surface area contributed by atoms with Crippen LogP contribution in [-0.4, -0.2) is 42.4 Å². The Bertz CT molecular complexity index is 4020. The van der Waals surface area contributed by atoms with Crippen LogP contribution in [0.5, 0.6) is 5.75 Å². The highest BCUT2D eigenvalue weighted by Gasteiger charge is 2.22. The fourth-order valence-electron chi connectivity index (χ4n) is 9.95. The van der Waals surface area contributed by atoms with E-state index in [4.69, 9.17) is 9.84 Å². The van der Waals surface area contributed by atoms with Crippen molar-refractivity contribution in [2.24, 2.45) is 0 Å². The van der Waals surface area contributed by atoms with Crippen molar-refractivity contribution in [1.82, 2.24) is 14.9 Å². The number of aliphatic hydroxyl groups is 4. The minimum atomic E-state index is -0.0974. The first-order valence-corrected chi connectivity index (χ1v) is 31.1. The molecule has 452 valence electrons. The van der Waals surface area contributed by atoms with Gasteiger partial charge in [-0.05, 0) is 180 Å². The summed E-state index contributed by atoms with van der Waals surface area (Å²) >= 11 is 3.69. The van der Waals surface area contributed by atoms with E-state index >= 15 is 0 Å². The van der Waals surface area contributed by atoms with Crippen LogP contribution < -0.4 is 10.1 Å². The SMILES string of the molecule is CCCNC(=O)c1c(Br)c2ccc(-c3cccnc3)cc2n1Cc1ccc(CO)cc1.CCc1cc(CO)cc(-c2cccc(OCc3ccccc3)c2)c1.CCc1cc(CO)cc(-c2ccccc2)c1.CCc1cccc(C#Cc2ccc(CO)cc2)c1. The fraction of sp³-hybridized carbons (Fsp3) is 0.190. The predicted octanol–water partition coefficient (Wildman–Crippen LogP) is 16.7. The number of halogens is 1. The smallest absolute Gasteiger partial charge is 0.269 e. The molecule has 89 heavy (non-hydrogen) atoms. The van der Waals surface area contributed by atoms with Gasteiger partial charge in [0.15, 0.2) is 0 Å². The number of carbonyl (C=O) groups excluding carboxylic acids is 1. The highest BCUT2D eigenvalue weighted by Crippen LogP contribution is 2.35. The summed E-state index contributed by atoms with van der Waals surface area (Å²) < 4.78 is 8.76. The van der Waals surface area contributed by atoms with Gasteiger partial charge in [0.05, 0.1) is 36.4 Å². The van der Waals surface area contributed by atoms with Crippen LogP contribution in [0.25, 0.3) is 44.3 Å². The summed E-state index contributed by atoms with van der Waals surface area (Å²) in [5.74, 6) is 7.05. The lowest BCUT2D eigenvalue weighted by molar-refractivity contribution is 0.0944. The number of carbonyl (C=O) groups is 1. The summed E-state index contributed by atoms with van der Waals surface area (Å²) in [6, 6.07) is 75.0. The molecule has 0 spiro atoms. The maximum absolute atomic E-state index is 13.1. The number of ether oxygens (including phenoxy) is 1. The number of aryl methyl sites for hydroxylation is 3. The molecule has 2 aromatic heterocycles. The van der Waals surface area contributed by atoms with Gasteiger partial charge in [-0.25, -0.2) is 0 Å². The van der Waals surface area contributed by atoms with Crippen molar-refractivity contribution in [2.75, 3.05) is 6.54 Å². The summed E-state index contributed by atoms with van der Waals surface area (Å²) in [6.45, 7) is 10.4. The molecule has 0 atom stereocenters. The van der Waals surface area contributed by atoms with E-state index < -0.39 is 0 Å². The number of aromatic nitrogens is 2. The molecule has 5 N–H and O–H groups in total. The molecule has 11 rings (SSSR count). The van der Waals surface area contributed by atoms with Gasteiger partial charge in [0, 0.05) is 47.6 Å². The maximum Gasteiger partial charge on any atom is 0.269 e. The summed E-state index contributed by atoms with van der Waals surface area (Å²) in [4.78, 5) is 17.3. The van der Waals surface area contributed by atoms with Gasteiger partial charge in [-0.2, -0.15) is 0 Å². The van der Waals surface area contributed by atoms with Crippen LogP contribution in [0.3, 0.4) is 0 Å². The third-order valence-electron chi connectivity index (χ3n) is 14.9. The van der Waals surface area contributed by atoms with Crippen LogP contribution in [0.15, 0.2) is 241 Å². The number of aliphatic hydroxyl groups excluding tert-OH is 4. The molecule has 0 saturated carbocycles. The third kappa shape index (κ3) is 19.2. The molecule has 0 saturated heterocycles. The van der Waals surface area contributed by atoms with Crippen molar-refractivity contribution in [2.45, 2.75) is 93.0 Å². The zero-order valence-electron chi connectivity index (χ0n) is 51.2. The van der Waals surface area contributed by atoms with Crippen LogP contribution in [-0.2, 0) is 58.8 Å². The Morgan fingerprint density at radius 1 is 0.472 bits per heavy atom. The zero-order valence-corrected chi connectivity index (χ0v) is 52.8. The first-order valence-electron chi connectivity index (χ1n) is 30.3. The Kier molecular flexibility index (Phi) is 25.4. The Morgan fingerprint density at radius 2 is 1.01 bits per heavy atom. The summed E-state index contributed by atoms with van der Waals surface area (Å²) in [5, 5.41) is 41.0. The minimum Gasteiger partial charge on any atom is -0.489 e. The topological polar surface area (TPSA) is 137 Å². The van der Waals surface area contributed by atoms with E-state index in [0.717, 1.165) is 114 Å². The number of fused-ring (bicyclic) bond motifs is 1. The summed E-state index contributed by atoms with van der Waals surface area (Å²) in [6.07, 6.45) is 7.44. The lowest BCUT2D eigenvalue weighted by atomic mass is 9.99. The zero-order chi connectivity index (χ0) is 62.7. The van der Waals surface area contributed by atoms with Crippen molar-refractivity contribution < 1.29 is 30.0 Å². The van der Waals surface area contributed by atoms with E-state index in [9.17, 15) is 20.1 Å². The number of nitrogens with zero attached hydrogens (tertiary/aromatic N) is 2. The molecule has 0 fully saturated rings. The van der Waals surface area contributed by atoms with E-state index in [-0.39, 0.29) is 32.3 Å². The van der Waals surface area contributed by atoms with E-state index in [1.54, 1.807) is 6.20 Å². The second-order valence-electron chi connectivity index (χ2n) is 21.4. The summed E-state index contributed by atoms with van der Waals surface area (Å²) in [5.41, 5.74) is 20.0. The van der Waals surface area contributed by atoms with Gasteiger partial charge in [0.2, 0.25) is 0 Å². The highest BCUT2D eigenvalue weighted by atomic mass is 79.9. The van der Waals surface area contributed by atoms with Crippen LogP contribution in [0.1, 0.15) is 106 Å². The molecule has 10 heteroatoms. The number of pyridine rings is 1. The Hall–Kier alpha value is -9.18. The molecule has 0 aliphatic heterocycles. The van der Waals surface area contributed by atoms with Crippen molar-refractivity contribution in [3.05, 3.63) is 308 Å². The number of nitrogens with one attached hydrogen (secondary N) is 1. The average molecular weight is 1250 g/mol. The lowest BCUT2D eigenvalue weighted by Crippen LogP contribution is -2.27. The third-order valence-corrected chi connectivity index (χ3v) is 15.7. The number of hydrogen-bond donors (Lipinski definition) is 5. The first kappa shape index (κ1) is 65.8. The standard InChI is InChI=1S/C25H24BrN3O2.C22H22O2.C17H16O.C15H16O/c1-2-11-28-25(31)24-23(26)21-10-9-19(20-4-3-12-27-14-20)13-22(21)29(24)15-17-5-7-18(16-30)8-6-17;1-2-17-11-19(15-23)13-21(12-17)20-9-6-10-22(14-20)24-16-18-7-4-3-5-8-18;1-2-14-4-3-5-16(12-14)9-6-15-7-10-17(13-18)11-8-15;1-2-12-8-13(11-16)10-15(9-12)14-6-4-3-5-7-14/h3-10,12-14,30H,2,11,15-16H2,1H3,(H,28,31);3-14,23H,2,15-16H2,1H3;3-5,7-8,10-12,18H,2,13H2,1H3;3-10,16H,2,11H2,1H3. The quantitative estimate of drug-likeness (QED) is 0.0540. The van der Waals surface area contributed by atoms with Crippen molar-refractivity contribution in [3.63, 3.8) is 0 Å². The predicted molar refractivity (Wildman–Crippen MR) is 366 cm³/mol. The Labute approximate surface area is 533 Å². The van der Waals surface area contributed by atoms with Gasteiger partial charge >= 0.3 is 0 Å². The number of rotatable bonds is 18. The second kappa shape index (κ2) is 34.4. The minimum absolute atomic E-state index is 0.0113. The molecular formula is C79H78BrN3O6. The molecule has 11 aromatic rings. The molecule has 1 amide bonds. The van der Waals surface area contributed by atoms with Crippen LogP contribution >= 0.6 is 15.9 Å². The van der Waals surface area contributed by atoms with Crippen LogP contribution in [0.2, 0.25) is 0 Å². The first-order chi connectivity index (χ1) is 43.5. The van der Waals surface area contributed by atoms with E-state index in [1.807, 2.05) is 147 Å². The molecular weight excluding hydrogens is 1170 g/mol. The largest absolute Gasteiger partial charge is 0.489 e. The van der Waals surface area contributed by atoms with Gasteiger partial charge in [-0.3, -0.25) is 9.78 Å².